The molecule has 2 unspecified atom stereocenters. The molecule has 2 aromatic rings. The Labute approximate surface area is 141 Å². The first-order valence-electron chi connectivity index (χ1n) is 9.40. The van der Waals surface area contributed by atoms with Gasteiger partial charge in [-0.25, -0.2) is 0 Å². The predicted molar refractivity (Wildman–Crippen MR) is 101 cm³/mol. The maximum absolute atomic E-state index is 2.44. The van der Waals surface area contributed by atoms with Crippen LogP contribution in [0, 0.1) is 11.8 Å². The van der Waals surface area contributed by atoms with Gasteiger partial charge < -0.3 is 0 Å². The van der Waals surface area contributed by atoms with E-state index in [9.17, 15) is 0 Å². The van der Waals surface area contributed by atoms with Crippen LogP contribution in [0.5, 0.6) is 0 Å². The largest absolute Gasteiger partial charge is 0.0651 e. The molecule has 0 saturated carbocycles. The van der Waals surface area contributed by atoms with Gasteiger partial charge in [0.05, 0.1) is 0 Å². The minimum atomic E-state index is 0.873. The van der Waals surface area contributed by atoms with Crippen LogP contribution in [0.3, 0.4) is 0 Å². The van der Waals surface area contributed by atoms with E-state index in [2.05, 4.69) is 63.2 Å². The quantitative estimate of drug-likeness (QED) is 0.595. The minimum absolute atomic E-state index is 0.873. The third-order valence-corrected chi connectivity index (χ3v) is 5.66. The first-order chi connectivity index (χ1) is 11.2. The smallest absolute Gasteiger partial charge is 0.0181 e. The maximum atomic E-state index is 2.44. The van der Waals surface area contributed by atoms with Crippen LogP contribution in [0.25, 0.3) is 11.1 Å². The normalized spacial score (nSPS) is 18.5. The van der Waals surface area contributed by atoms with Crippen molar-refractivity contribution in [3.8, 4) is 11.1 Å². The van der Waals surface area contributed by atoms with Gasteiger partial charge in [0.15, 0.2) is 0 Å². The van der Waals surface area contributed by atoms with Crippen LogP contribution < -0.4 is 0 Å². The third kappa shape index (κ3) is 3.86. The molecular formula is C23H30. The van der Waals surface area contributed by atoms with E-state index in [4.69, 9.17) is 0 Å². The van der Waals surface area contributed by atoms with Gasteiger partial charge in [0, 0.05) is 0 Å². The van der Waals surface area contributed by atoms with Gasteiger partial charge in [0.1, 0.15) is 0 Å². The molecule has 0 aliphatic heterocycles. The summed E-state index contributed by atoms with van der Waals surface area (Å²) in [6.45, 7) is 6.93. The molecule has 0 saturated heterocycles. The van der Waals surface area contributed by atoms with Gasteiger partial charge in [0.25, 0.3) is 0 Å². The van der Waals surface area contributed by atoms with Crippen molar-refractivity contribution in [2.75, 3.05) is 0 Å². The Bertz CT molecular complexity index is 636. The molecule has 1 aliphatic rings. The van der Waals surface area contributed by atoms with Crippen molar-refractivity contribution in [2.45, 2.75) is 59.3 Å². The molecule has 0 heteroatoms. The van der Waals surface area contributed by atoms with E-state index in [0.717, 1.165) is 18.3 Å². The number of benzene rings is 2. The summed E-state index contributed by atoms with van der Waals surface area (Å²) < 4.78 is 0. The highest BCUT2D eigenvalue weighted by atomic mass is 14.3. The summed E-state index contributed by atoms with van der Waals surface area (Å²) in [6, 6.07) is 16.2. The Morgan fingerprint density at radius 2 is 1.70 bits per heavy atom. The summed E-state index contributed by atoms with van der Waals surface area (Å²) >= 11 is 0. The van der Waals surface area contributed by atoms with Crippen molar-refractivity contribution >= 4 is 0 Å². The lowest BCUT2D eigenvalue weighted by Crippen LogP contribution is -2.16. The molecule has 122 valence electrons. The molecule has 0 radical (unpaired) electrons. The van der Waals surface area contributed by atoms with Crippen LogP contribution in [0.4, 0.5) is 0 Å². The second-order valence-corrected chi connectivity index (χ2v) is 7.39. The monoisotopic (exact) mass is 306 g/mol. The first kappa shape index (κ1) is 16.3. The van der Waals surface area contributed by atoms with Gasteiger partial charge in [-0.1, -0.05) is 69.7 Å². The van der Waals surface area contributed by atoms with Crippen molar-refractivity contribution in [1.82, 2.24) is 0 Å². The summed E-state index contributed by atoms with van der Waals surface area (Å²) in [5, 5.41) is 0. The summed E-state index contributed by atoms with van der Waals surface area (Å²) in [6.07, 6.45) is 7.75. The van der Waals surface area contributed by atoms with E-state index in [-0.39, 0.29) is 0 Å². The van der Waals surface area contributed by atoms with Crippen LogP contribution in [-0.4, -0.2) is 0 Å². The predicted octanol–water partition coefficient (Wildman–Crippen LogP) is 6.46. The van der Waals surface area contributed by atoms with Gasteiger partial charge in [-0.3, -0.25) is 0 Å². The molecule has 23 heavy (non-hydrogen) atoms. The Morgan fingerprint density at radius 1 is 0.957 bits per heavy atom. The molecule has 0 nitrogen and oxygen atoms in total. The zero-order chi connectivity index (χ0) is 16.2. The zero-order valence-corrected chi connectivity index (χ0v) is 14.9. The van der Waals surface area contributed by atoms with Crippen LogP contribution >= 0.6 is 0 Å². The molecule has 0 N–H and O–H groups in total. The molecule has 0 bridgehead atoms. The number of fused-ring (bicyclic) bond motifs is 1. The van der Waals surface area contributed by atoms with Gasteiger partial charge in [-0.05, 0) is 71.8 Å². The molecule has 3 rings (SSSR count). The highest BCUT2D eigenvalue weighted by Gasteiger charge is 2.20. The van der Waals surface area contributed by atoms with E-state index in [0.29, 0.717) is 0 Å². The average Bonchev–Trinajstić information content (AvgIpc) is 2.61. The number of hydrogen-bond acceptors (Lipinski definition) is 0. The van der Waals surface area contributed by atoms with Gasteiger partial charge in [-0.15, -0.1) is 0 Å². The van der Waals surface area contributed by atoms with Crippen molar-refractivity contribution in [2.24, 2.45) is 11.8 Å². The van der Waals surface area contributed by atoms with E-state index in [1.54, 1.807) is 11.1 Å². The van der Waals surface area contributed by atoms with Crippen LogP contribution in [-0.2, 0) is 19.3 Å². The number of aryl methyl sites for hydroxylation is 2. The summed E-state index contributed by atoms with van der Waals surface area (Å²) in [5.74, 6) is 1.77. The fourth-order valence-corrected chi connectivity index (χ4v) is 3.88. The van der Waals surface area contributed by atoms with E-state index < -0.39 is 0 Å². The van der Waals surface area contributed by atoms with Crippen LogP contribution in [0.2, 0.25) is 0 Å². The lowest BCUT2D eigenvalue weighted by Gasteiger charge is -2.27. The standard InChI is InChI=1S/C23H30/c1-4-17(3)14-19-8-11-23-16-22(13-12-21(23)15-19)20-9-6-18(5-2)7-10-20/h6-7,9-10,12-13,16-17,19H,4-5,8,11,14-15H2,1-3H3. The van der Waals surface area contributed by atoms with Gasteiger partial charge in [-0.2, -0.15) is 0 Å². The van der Waals surface area contributed by atoms with Gasteiger partial charge in [0.2, 0.25) is 0 Å². The number of rotatable bonds is 5. The summed E-state index contributed by atoms with van der Waals surface area (Å²) in [4.78, 5) is 0. The highest BCUT2D eigenvalue weighted by molar-refractivity contribution is 5.65. The minimum Gasteiger partial charge on any atom is -0.0651 e. The average molecular weight is 306 g/mol. The SMILES string of the molecule is CCc1ccc(-c2ccc3c(c2)CCC(CC(C)CC)C3)cc1. The van der Waals surface area contributed by atoms with E-state index >= 15 is 0 Å². The highest BCUT2D eigenvalue weighted by Crippen LogP contribution is 2.33. The Kier molecular flexibility index (Phi) is 5.20. The first-order valence-corrected chi connectivity index (χ1v) is 9.40. The van der Waals surface area contributed by atoms with Crippen LogP contribution in [0.1, 0.15) is 56.7 Å². The maximum Gasteiger partial charge on any atom is -0.0181 e. The summed E-state index contributed by atoms with van der Waals surface area (Å²) in [5.41, 5.74) is 7.33. The molecule has 2 atom stereocenters. The third-order valence-electron chi connectivity index (χ3n) is 5.66. The Morgan fingerprint density at radius 3 is 2.39 bits per heavy atom. The molecule has 1 aliphatic carbocycles. The van der Waals surface area contributed by atoms with Gasteiger partial charge >= 0.3 is 0 Å². The number of hydrogen-bond donors (Lipinski definition) is 0. The van der Waals surface area contributed by atoms with Crippen molar-refractivity contribution in [3.63, 3.8) is 0 Å². The van der Waals surface area contributed by atoms with Crippen molar-refractivity contribution < 1.29 is 0 Å². The van der Waals surface area contributed by atoms with Crippen LogP contribution in [0.15, 0.2) is 42.5 Å². The fraction of sp³-hybridized carbons (Fsp3) is 0.478. The molecular weight excluding hydrogens is 276 g/mol. The van der Waals surface area contributed by atoms with E-state index in [1.165, 1.54) is 48.8 Å². The lowest BCUT2D eigenvalue weighted by molar-refractivity contribution is 0.349. The Balaban J connectivity index is 1.75. The lowest BCUT2D eigenvalue weighted by atomic mass is 9.78. The second kappa shape index (κ2) is 7.34. The summed E-state index contributed by atoms with van der Waals surface area (Å²) in [7, 11) is 0. The molecule has 2 aromatic carbocycles. The van der Waals surface area contributed by atoms with E-state index in [1.807, 2.05) is 0 Å². The molecule has 0 fully saturated rings. The topological polar surface area (TPSA) is 0 Å². The molecule has 0 aromatic heterocycles. The Hall–Kier alpha value is -1.56. The van der Waals surface area contributed by atoms with Crippen molar-refractivity contribution in [1.29, 1.82) is 0 Å². The fourth-order valence-electron chi connectivity index (χ4n) is 3.88. The molecule has 0 spiro atoms. The molecule has 0 heterocycles. The van der Waals surface area contributed by atoms with Crippen molar-refractivity contribution in [3.05, 3.63) is 59.2 Å². The second-order valence-electron chi connectivity index (χ2n) is 7.39. The zero-order valence-electron chi connectivity index (χ0n) is 14.9. The molecule has 0 amide bonds.